The van der Waals surface area contributed by atoms with Gasteiger partial charge in [0.25, 0.3) is 0 Å². The quantitative estimate of drug-likeness (QED) is 0.786. The summed E-state index contributed by atoms with van der Waals surface area (Å²) in [6, 6.07) is 18.9. The third-order valence-electron chi connectivity index (χ3n) is 5.11. The molecule has 0 radical (unpaired) electrons. The van der Waals surface area contributed by atoms with Gasteiger partial charge in [0, 0.05) is 24.9 Å². The zero-order valence-electron chi connectivity index (χ0n) is 14.8. The van der Waals surface area contributed by atoms with Crippen LogP contribution in [0.1, 0.15) is 29.5 Å². The Hall–Kier alpha value is -2.88. The van der Waals surface area contributed by atoms with Gasteiger partial charge in [-0.3, -0.25) is 4.79 Å². The molecule has 2 aromatic carbocycles. The number of aromatic nitrogens is 1. The predicted octanol–water partition coefficient (Wildman–Crippen LogP) is 3.61. The highest BCUT2D eigenvalue weighted by Gasteiger charge is 2.17. The zero-order valence-corrected chi connectivity index (χ0v) is 14.8. The third kappa shape index (κ3) is 3.40. The van der Waals surface area contributed by atoms with E-state index in [-0.39, 0.29) is 5.91 Å². The summed E-state index contributed by atoms with van der Waals surface area (Å²) in [6.45, 7) is 1.85. The number of primary amides is 1. The number of carbonyl (C=O) groups excluding carboxylic acids is 1. The molecule has 4 rings (SSSR count). The molecule has 26 heavy (non-hydrogen) atoms. The fourth-order valence-corrected chi connectivity index (χ4v) is 3.75. The number of pyridine rings is 1. The van der Waals surface area contributed by atoms with Gasteiger partial charge in [-0.25, -0.2) is 4.98 Å². The van der Waals surface area contributed by atoms with Gasteiger partial charge in [-0.2, -0.15) is 0 Å². The number of nitrogens with zero attached hydrogens (tertiary/aromatic N) is 2. The van der Waals surface area contributed by atoms with Crippen LogP contribution in [0.5, 0.6) is 0 Å². The Labute approximate surface area is 153 Å². The number of hydrogen-bond donors (Lipinski definition) is 1. The van der Waals surface area contributed by atoms with E-state index in [0.29, 0.717) is 12.8 Å². The van der Waals surface area contributed by atoms with E-state index < -0.39 is 0 Å². The minimum atomic E-state index is -0.267. The molecule has 2 heterocycles. The number of carbonyl (C=O) groups is 1. The van der Waals surface area contributed by atoms with E-state index in [1.807, 2.05) is 18.2 Å². The normalized spacial score (nSPS) is 14.1. The van der Waals surface area contributed by atoms with Crippen LogP contribution < -0.4 is 10.6 Å². The van der Waals surface area contributed by atoms with Crippen molar-refractivity contribution in [3.63, 3.8) is 0 Å². The Kier molecular flexibility index (Phi) is 4.57. The number of para-hydroxylation sites is 1. The first-order valence-corrected chi connectivity index (χ1v) is 9.19. The summed E-state index contributed by atoms with van der Waals surface area (Å²) in [5.41, 5.74) is 10.3. The van der Waals surface area contributed by atoms with Crippen molar-refractivity contribution in [2.24, 2.45) is 5.73 Å². The molecule has 3 aromatic rings. The number of anilines is 1. The molecule has 0 fully saturated rings. The lowest BCUT2D eigenvalue weighted by molar-refractivity contribution is -0.117. The van der Waals surface area contributed by atoms with Crippen LogP contribution >= 0.6 is 0 Å². The molecule has 0 spiro atoms. The van der Waals surface area contributed by atoms with Crippen molar-refractivity contribution in [3.05, 3.63) is 71.3 Å². The fourth-order valence-electron chi connectivity index (χ4n) is 3.75. The second-order valence-electron chi connectivity index (χ2n) is 6.92. The Morgan fingerprint density at radius 3 is 2.69 bits per heavy atom. The number of hydrogen-bond acceptors (Lipinski definition) is 3. The molecule has 0 saturated heterocycles. The van der Waals surface area contributed by atoms with Gasteiger partial charge in [-0.1, -0.05) is 42.5 Å². The second-order valence-corrected chi connectivity index (χ2v) is 6.92. The summed E-state index contributed by atoms with van der Waals surface area (Å²) >= 11 is 0. The number of amides is 1. The Balaban J connectivity index is 1.73. The lowest BCUT2D eigenvalue weighted by Gasteiger charge is -2.23. The number of fused-ring (bicyclic) bond motifs is 2. The van der Waals surface area contributed by atoms with Crippen LogP contribution in [0.4, 0.5) is 5.82 Å². The molecule has 1 aliphatic heterocycles. The summed E-state index contributed by atoms with van der Waals surface area (Å²) in [5.74, 6) is 0.719. The maximum absolute atomic E-state index is 11.3. The maximum atomic E-state index is 11.3. The number of nitrogens with two attached hydrogens (primary N) is 1. The van der Waals surface area contributed by atoms with Crippen molar-refractivity contribution >= 4 is 22.6 Å². The average Bonchev–Trinajstić information content (AvgIpc) is 2.88. The molecular formula is C22H23N3O. The molecule has 4 nitrogen and oxygen atoms in total. The Morgan fingerprint density at radius 2 is 1.85 bits per heavy atom. The molecule has 0 saturated carbocycles. The lowest BCUT2D eigenvalue weighted by Crippen LogP contribution is -2.24. The van der Waals surface area contributed by atoms with E-state index in [4.69, 9.17) is 10.7 Å². The average molecular weight is 345 g/mol. The summed E-state index contributed by atoms with van der Waals surface area (Å²) < 4.78 is 0. The number of rotatable bonds is 4. The van der Waals surface area contributed by atoms with Gasteiger partial charge in [0.05, 0.1) is 5.52 Å². The Bertz CT molecular complexity index is 951. The zero-order chi connectivity index (χ0) is 17.9. The molecule has 132 valence electrons. The summed E-state index contributed by atoms with van der Waals surface area (Å²) in [4.78, 5) is 18.5. The molecule has 1 aliphatic rings. The van der Waals surface area contributed by atoms with Gasteiger partial charge in [-0.05, 0) is 48.1 Å². The molecule has 2 N–H and O–H groups in total. The highest BCUT2D eigenvalue weighted by molar-refractivity contribution is 5.85. The minimum Gasteiger partial charge on any atom is -0.370 e. The first-order valence-electron chi connectivity index (χ1n) is 9.19. The second kappa shape index (κ2) is 7.16. The highest BCUT2D eigenvalue weighted by atomic mass is 16.1. The largest absolute Gasteiger partial charge is 0.370 e. The molecule has 0 aliphatic carbocycles. The SMILES string of the molecule is NC(=O)CCc1cc(N2CCCc3ccccc3C2)nc2ccccc12. The number of benzene rings is 2. The van der Waals surface area contributed by atoms with Crippen LogP contribution in [0.3, 0.4) is 0 Å². The molecule has 0 unspecified atom stereocenters. The van der Waals surface area contributed by atoms with Gasteiger partial charge in [0.2, 0.25) is 5.91 Å². The molecule has 0 bridgehead atoms. The van der Waals surface area contributed by atoms with Gasteiger partial charge in [0.15, 0.2) is 0 Å². The summed E-state index contributed by atoms with van der Waals surface area (Å²) in [7, 11) is 0. The van der Waals surface area contributed by atoms with E-state index in [0.717, 1.165) is 48.2 Å². The Morgan fingerprint density at radius 1 is 1.08 bits per heavy atom. The van der Waals surface area contributed by atoms with Crippen LogP contribution in [0.2, 0.25) is 0 Å². The first-order chi connectivity index (χ1) is 12.7. The minimum absolute atomic E-state index is 0.267. The van der Waals surface area contributed by atoms with Crippen molar-refractivity contribution in [1.82, 2.24) is 4.98 Å². The van der Waals surface area contributed by atoms with Crippen LogP contribution in [-0.2, 0) is 24.2 Å². The van der Waals surface area contributed by atoms with Crippen molar-refractivity contribution < 1.29 is 4.79 Å². The topological polar surface area (TPSA) is 59.2 Å². The standard InChI is InChI=1S/C22H23N3O/c23-21(26)12-11-17-14-22(24-20-10-4-3-9-19(17)20)25-13-5-8-16-6-1-2-7-18(16)15-25/h1-4,6-7,9-10,14H,5,8,11-13,15H2,(H2,23,26). The van der Waals surface area contributed by atoms with Crippen molar-refractivity contribution in [2.45, 2.75) is 32.2 Å². The van der Waals surface area contributed by atoms with Gasteiger partial charge < -0.3 is 10.6 Å². The van der Waals surface area contributed by atoms with Crippen molar-refractivity contribution in [1.29, 1.82) is 0 Å². The summed E-state index contributed by atoms with van der Waals surface area (Å²) in [6.07, 6.45) is 3.23. The fraction of sp³-hybridized carbons (Fsp3) is 0.273. The third-order valence-corrected chi connectivity index (χ3v) is 5.11. The first kappa shape index (κ1) is 16.6. The van der Waals surface area contributed by atoms with Crippen LogP contribution in [-0.4, -0.2) is 17.4 Å². The summed E-state index contributed by atoms with van der Waals surface area (Å²) in [5, 5.41) is 1.10. The van der Waals surface area contributed by atoms with Gasteiger partial charge in [-0.15, -0.1) is 0 Å². The van der Waals surface area contributed by atoms with Gasteiger partial charge >= 0.3 is 0 Å². The maximum Gasteiger partial charge on any atom is 0.217 e. The van der Waals surface area contributed by atoms with Crippen molar-refractivity contribution in [3.8, 4) is 0 Å². The van der Waals surface area contributed by atoms with Crippen molar-refractivity contribution in [2.75, 3.05) is 11.4 Å². The molecule has 0 atom stereocenters. The highest BCUT2D eigenvalue weighted by Crippen LogP contribution is 2.27. The van der Waals surface area contributed by atoms with E-state index >= 15 is 0 Å². The predicted molar refractivity (Wildman–Crippen MR) is 105 cm³/mol. The van der Waals surface area contributed by atoms with Crippen LogP contribution in [0.15, 0.2) is 54.6 Å². The van der Waals surface area contributed by atoms with Gasteiger partial charge in [0.1, 0.15) is 5.82 Å². The van der Waals surface area contributed by atoms with E-state index in [1.165, 1.54) is 11.1 Å². The molecule has 1 aromatic heterocycles. The monoisotopic (exact) mass is 345 g/mol. The van der Waals surface area contributed by atoms with E-state index in [1.54, 1.807) is 0 Å². The number of aryl methyl sites for hydroxylation is 2. The van der Waals surface area contributed by atoms with Crippen LogP contribution in [0.25, 0.3) is 10.9 Å². The molecule has 1 amide bonds. The van der Waals surface area contributed by atoms with E-state index in [9.17, 15) is 4.79 Å². The molecular weight excluding hydrogens is 322 g/mol. The van der Waals surface area contributed by atoms with E-state index in [2.05, 4.69) is 41.3 Å². The lowest BCUT2D eigenvalue weighted by atomic mass is 10.0. The smallest absolute Gasteiger partial charge is 0.217 e. The van der Waals surface area contributed by atoms with Crippen LogP contribution in [0, 0.1) is 0 Å². The molecule has 4 heteroatoms.